The fourth-order valence-electron chi connectivity index (χ4n) is 5.28. The molecule has 2 aliphatic heterocycles. The molecule has 2 saturated heterocycles. The molecule has 11 heteroatoms. The average Bonchev–Trinajstić information content (AvgIpc) is 3.68. The van der Waals surface area contributed by atoms with Crippen LogP contribution in [0.25, 0.3) is 0 Å². The van der Waals surface area contributed by atoms with Crippen molar-refractivity contribution in [3.8, 4) is 11.5 Å². The lowest BCUT2D eigenvalue weighted by atomic mass is 10.0. The summed E-state index contributed by atoms with van der Waals surface area (Å²) in [5, 5.41) is 8.14. The number of likely N-dealkylation sites (N-methyl/N-ethyl adjacent to an activating group) is 1. The number of hydroxylamine groups is 1. The first-order chi connectivity index (χ1) is 19.9. The topological polar surface area (TPSA) is 104 Å². The second-order valence-corrected chi connectivity index (χ2v) is 10.2. The molecule has 1 amide bonds. The Hall–Kier alpha value is -4.35. The van der Waals surface area contributed by atoms with Crippen LogP contribution in [0.2, 0.25) is 0 Å². The molecule has 0 bridgehead atoms. The number of aromatic nitrogens is 2. The number of benzene rings is 2. The molecule has 2 atom stereocenters. The van der Waals surface area contributed by atoms with Crippen molar-refractivity contribution in [2.75, 3.05) is 68.6 Å². The second kappa shape index (κ2) is 12.4. The van der Waals surface area contributed by atoms with E-state index in [9.17, 15) is 4.79 Å². The summed E-state index contributed by atoms with van der Waals surface area (Å²) < 4.78 is 11.2. The number of rotatable bonds is 10. The van der Waals surface area contributed by atoms with Gasteiger partial charge in [0.15, 0.2) is 5.82 Å². The summed E-state index contributed by atoms with van der Waals surface area (Å²) in [7, 11) is 7.46. The van der Waals surface area contributed by atoms with Crippen molar-refractivity contribution < 1.29 is 19.1 Å². The third kappa shape index (κ3) is 6.21. The van der Waals surface area contributed by atoms with Gasteiger partial charge in [-0.05, 0) is 50.4 Å². The maximum Gasteiger partial charge on any atom is 0.247 e. The minimum atomic E-state index is -0.287. The minimum Gasteiger partial charge on any atom is -0.497 e. The van der Waals surface area contributed by atoms with E-state index in [0.29, 0.717) is 41.4 Å². The Morgan fingerprint density at radius 1 is 1.12 bits per heavy atom. The van der Waals surface area contributed by atoms with E-state index in [4.69, 9.17) is 14.3 Å². The molecule has 3 heterocycles. The molecule has 41 heavy (non-hydrogen) atoms. The van der Waals surface area contributed by atoms with E-state index in [2.05, 4.69) is 57.1 Å². The number of hydrogen-bond donors (Lipinski definition) is 2. The molecular formula is C30H37N7O4. The number of amides is 1. The molecule has 2 aromatic carbocycles. The first-order valence-electron chi connectivity index (χ1n) is 13.6. The van der Waals surface area contributed by atoms with Crippen LogP contribution < -0.4 is 30.1 Å². The molecule has 3 aromatic rings. The molecule has 1 unspecified atom stereocenters. The monoisotopic (exact) mass is 559 g/mol. The third-order valence-electron chi connectivity index (χ3n) is 7.52. The van der Waals surface area contributed by atoms with Crippen LogP contribution in [-0.2, 0) is 9.63 Å². The van der Waals surface area contributed by atoms with E-state index >= 15 is 0 Å². The molecule has 2 fully saturated rings. The number of methoxy groups -OCH3 is 2. The van der Waals surface area contributed by atoms with Crippen LogP contribution in [0.5, 0.6) is 11.5 Å². The molecule has 1 aromatic heterocycles. The molecule has 216 valence electrons. The number of anilines is 5. The Morgan fingerprint density at radius 3 is 2.71 bits per heavy atom. The minimum absolute atomic E-state index is 0.0196. The van der Waals surface area contributed by atoms with Crippen molar-refractivity contribution in [1.29, 1.82) is 0 Å². The molecule has 5 rings (SSSR count). The number of carbonyl (C=O) groups excluding carboxylic acids is 1. The van der Waals surface area contributed by atoms with E-state index in [0.717, 1.165) is 42.9 Å². The Kier molecular flexibility index (Phi) is 8.55. The van der Waals surface area contributed by atoms with Gasteiger partial charge in [-0.15, -0.1) is 0 Å². The van der Waals surface area contributed by atoms with Gasteiger partial charge in [-0.2, -0.15) is 0 Å². The standard InChI is InChI=1S/C30H37N7O4/c1-6-30(38)34-23-15-24(27(40-5)16-26(23)36-12-10-21(18-36)35(2)3)33-28-17-29(32-19-31-28)37-25(11-13-41-37)20-8-7-9-22(14-20)39-4/h6-9,14-17,19,21,25H,1,10-13,18H2,2-5H3,(H,34,38)(H,31,32,33)/t21?,25-/m1/s1. The smallest absolute Gasteiger partial charge is 0.247 e. The summed E-state index contributed by atoms with van der Waals surface area (Å²) in [6.07, 6.45) is 4.60. The lowest BCUT2D eigenvalue weighted by Crippen LogP contribution is -2.31. The van der Waals surface area contributed by atoms with Gasteiger partial charge in [0, 0.05) is 37.7 Å². The summed E-state index contributed by atoms with van der Waals surface area (Å²) in [4.78, 5) is 31.8. The Morgan fingerprint density at radius 2 is 1.98 bits per heavy atom. The van der Waals surface area contributed by atoms with Crippen LogP contribution >= 0.6 is 0 Å². The zero-order valence-corrected chi connectivity index (χ0v) is 24.0. The van der Waals surface area contributed by atoms with E-state index in [1.165, 1.54) is 12.4 Å². The Balaban J connectivity index is 1.43. The van der Waals surface area contributed by atoms with Crippen LogP contribution in [0.3, 0.4) is 0 Å². The SMILES string of the molecule is C=CC(=O)Nc1cc(Nc2cc(N3OCC[C@@H]3c3cccc(OC)c3)ncn2)c(OC)cc1N1CCC(N(C)C)C1. The highest BCUT2D eigenvalue weighted by Gasteiger charge is 2.30. The van der Waals surface area contributed by atoms with Crippen molar-refractivity contribution in [2.24, 2.45) is 0 Å². The highest BCUT2D eigenvalue weighted by molar-refractivity contribution is 6.02. The molecule has 0 radical (unpaired) electrons. The number of nitrogens with zero attached hydrogens (tertiary/aromatic N) is 5. The maximum absolute atomic E-state index is 12.4. The van der Waals surface area contributed by atoms with Crippen molar-refractivity contribution in [3.63, 3.8) is 0 Å². The first kappa shape index (κ1) is 28.2. The van der Waals surface area contributed by atoms with Crippen LogP contribution in [0.4, 0.5) is 28.7 Å². The van der Waals surface area contributed by atoms with Crippen LogP contribution in [0, 0.1) is 0 Å². The molecule has 0 spiro atoms. The van der Waals surface area contributed by atoms with Crippen molar-refractivity contribution in [2.45, 2.75) is 24.9 Å². The predicted molar refractivity (Wildman–Crippen MR) is 160 cm³/mol. The van der Waals surface area contributed by atoms with E-state index in [-0.39, 0.29) is 11.9 Å². The number of hydrogen-bond acceptors (Lipinski definition) is 10. The molecular weight excluding hydrogens is 522 g/mol. The lowest BCUT2D eigenvalue weighted by Gasteiger charge is -2.26. The Bertz CT molecular complexity index is 1400. The number of ether oxygens (including phenoxy) is 2. The highest BCUT2D eigenvalue weighted by atomic mass is 16.7. The zero-order valence-electron chi connectivity index (χ0n) is 24.0. The van der Waals surface area contributed by atoms with E-state index in [1.54, 1.807) is 14.2 Å². The Labute approximate surface area is 240 Å². The molecule has 0 aliphatic carbocycles. The largest absolute Gasteiger partial charge is 0.497 e. The molecule has 2 N–H and O–H groups in total. The van der Waals surface area contributed by atoms with Gasteiger partial charge < -0.3 is 29.9 Å². The summed E-state index contributed by atoms with van der Waals surface area (Å²) >= 11 is 0. The van der Waals surface area contributed by atoms with Crippen molar-refractivity contribution in [3.05, 3.63) is 67.0 Å². The number of nitrogens with one attached hydrogen (secondary N) is 2. The van der Waals surface area contributed by atoms with E-state index in [1.807, 2.05) is 41.5 Å². The molecule has 0 saturated carbocycles. The predicted octanol–water partition coefficient (Wildman–Crippen LogP) is 4.39. The summed E-state index contributed by atoms with van der Waals surface area (Å²) in [5.74, 6) is 2.30. The fraction of sp³-hybridized carbons (Fsp3) is 0.367. The van der Waals surface area contributed by atoms with Crippen LogP contribution in [0.15, 0.2) is 61.4 Å². The molecule has 11 nitrogen and oxygen atoms in total. The summed E-state index contributed by atoms with van der Waals surface area (Å²) in [5.41, 5.74) is 3.28. The van der Waals surface area contributed by atoms with E-state index < -0.39 is 0 Å². The number of carbonyl (C=O) groups is 1. The van der Waals surface area contributed by atoms with Gasteiger partial charge in [0.1, 0.15) is 23.6 Å². The van der Waals surface area contributed by atoms with Crippen LogP contribution in [0.1, 0.15) is 24.4 Å². The van der Waals surface area contributed by atoms with Gasteiger partial charge in [-0.3, -0.25) is 9.63 Å². The second-order valence-electron chi connectivity index (χ2n) is 10.2. The third-order valence-corrected chi connectivity index (χ3v) is 7.52. The maximum atomic E-state index is 12.4. The van der Waals surface area contributed by atoms with Gasteiger partial charge in [0.05, 0.1) is 43.9 Å². The van der Waals surface area contributed by atoms with Gasteiger partial charge in [-0.25, -0.2) is 15.0 Å². The highest BCUT2D eigenvalue weighted by Crippen LogP contribution is 2.41. The fourth-order valence-corrected chi connectivity index (χ4v) is 5.28. The first-order valence-corrected chi connectivity index (χ1v) is 13.6. The lowest BCUT2D eigenvalue weighted by molar-refractivity contribution is -0.111. The van der Waals surface area contributed by atoms with Gasteiger partial charge in [-0.1, -0.05) is 18.7 Å². The van der Waals surface area contributed by atoms with Crippen molar-refractivity contribution >= 4 is 34.6 Å². The average molecular weight is 560 g/mol. The van der Waals surface area contributed by atoms with Gasteiger partial charge in [0.25, 0.3) is 0 Å². The van der Waals surface area contributed by atoms with Crippen molar-refractivity contribution in [1.82, 2.24) is 14.9 Å². The van der Waals surface area contributed by atoms with Gasteiger partial charge >= 0.3 is 0 Å². The summed E-state index contributed by atoms with van der Waals surface area (Å²) in [6.45, 7) is 5.90. The summed E-state index contributed by atoms with van der Waals surface area (Å²) in [6, 6.07) is 14.0. The quantitative estimate of drug-likeness (QED) is 0.348. The molecule has 2 aliphatic rings. The zero-order chi connectivity index (χ0) is 28.9. The van der Waals surface area contributed by atoms with Crippen LogP contribution in [-0.4, -0.2) is 74.8 Å². The van der Waals surface area contributed by atoms with Gasteiger partial charge in [0.2, 0.25) is 5.91 Å². The normalized spacial score (nSPS) is 18.5.